The molecule has 7 nitrogen and oxygen atoms in total. The van der Waals surface area contributed by atoms with Gasteiger partial charge in [-0.15, -0.1) is 0 Å². The van der Waals surface area contributed by atoms with Crippen molar-refractivity contribution in [2.24, 2.45) is 0 Å². The molecule has 116 valence electrons. The number of aromatic nitrogens is 3. The average Bonchev–Trinajstić information content (AvgIpc) is 2.86. The molecule has 0 saturated carbocycles. The van der Waals surface area contributed by atoms with E-state index >= 15 is 0 Å². The normalized spacial score (nSPS) is 23.4. The van der Waals surface area contributed by atoms with Crippen LogP contribution in [0.5, 0.6) is 0 Å². The van der Waals surface area contributed by atoms with E-state index < -0.39 is 5.54 Å². The predicted molar refractivity (Wildman–Crippen MR) is 77.3 cm³/mol. The van der Waals surface area contributed by atoms with Crippen molar-refractivity contribution in [1.82, 2.24) is 25.0 Å². The Morgan fingerprint density at radius 3 is 2.76 bits per heavy atom. The lowest BCUT2D eigenvalue weighted by molar-refractivity contribution is -0.138. The average molecular weight is 293 g/mol. The summed E-state index contributed by atoms with van der Waals surface area (Å²) in [5.41, 5.74) is -0.837. The Labute approximate surface area is 124 Å². The fraction of sp³-hybridized carbons (Fsp3) is 0.714. The third-order valence-corrected chi connectivity index (χ3v) is 3.96. The SMILES string of the molecule is CCC1(C)NC(=O)CCN(Cc2ncnn2C(C)C)C1=O. The van der Waals surface area contributed by atoms with Gasteiger partial charge in [-0.1, -0.05) is 6.92 Å². The minimum absolute atomic E-state index is 0.0610. The standard InChI is InChI=1S/C14H23N5O2/c1-5-14(4)13(21)18(7-6-12(20)17-14)8-11-15-9-16-19(11)10(2)3/h9-10H,5-8H2,1-4H3,(H,17,20). The molecular weight excluding hydrogens is 270 g/mol. The molecule has 1 fully saturated rings. The van der Waals surface area contributed by atoms with E-state index in [0.29, 0.717) is 25.9 Å². The third kappa shape index (κ3) is 3.06. The molecule has 1 aliphatic heterocycles. The number of hydrogen-bond acceptors (Lipinski definition) is 4. The maximum atomic E-state index is 12.7. The van der Waals surface area contributed by atoms with Crippen LogP contribution in [0.1, 0.15) is 52.4 Å². The van der Waals surface area contributed by atoms with Crippen LogP contribution in [0.3, 0.4) is 0 Å². The second-order valence-corrected chi connectivity index (χ2v) is 5.93. The number of carbonyl (C=O) groups is 2. The van der Waals surface area contributed by atoms with E-state index in [1.807, 2.05) is 20.8 Å². The first-order valence-electron chi connectivity index (χ1n) is 7.36. The molecule has 2 rings (SSSR count). The Bertz CT molecular complexity index is 539. The van der Waals surface area contributed by atoms with Crippen molar-refractivity contribution in [3.63, 3.8) is 0 Å². The van der Waals surface area contributed by atoms with Crippen LogP contribution in [-0.4, -0.2) is 43.6 Å². The lowest BCUT2D eigenvalue weighted by Crippen LogP contribution is -2.54. The third-order valence-electron chi connectivity index (χ3n) is 3.96. The molecule has 21 heavy (non-hydrogen) atoms. The van der Waals surface area contributed by atoms with Gasteiger partial charge in [0.1, 0.15) is 17.7 Å². The molecule has 1 aromatic rings. The van der Waals surface area contributed by atoms with Crippen molar-refractivity contribution in [1.29, 1.82) is 0 Å². The maximum absolute atomic E-state index is 12.7. The second-order valence-electron chi connectivity index (χ2n) is 5.93. The smallest absolute Gasteiger partial charge is 0.248 e. The monoisotopic (exact) mass is 293 g/mol. The number of nitrogens with one attached hydrogen (secondary N) is 1. The van der Waals surface area contributed by atoms with Gasteiger partial charge in [0.2, 0.25) is 11.8 Å². The molecule has 1 aromatic heterocycles. The molecule has 2 heterocycles. The van der Waals surface area contributed by atoms with Crippen molar-refractivity contribution in [3.05, 3.63) is 12.2 Å². The molecule has 1 atom stereocenters. The minimum atomic E-state index is -0.837. The van der Waals surface area contributed by atoms with Crippen molar-refractivity contribution < 1.29 is 9.59 Å². The summed E-state index contributed by atoms with van der Waals surface area (Å²) in [5.74, 6) is 0.598. The van der Waals surface area contributed by atoms with Crippen LogP contribution < -0.4 is 5.32 Å². The van der Waals surface area contributed by atoms with Gasteiger partial charge in [-0.05, 0) is 27.2 Å². The minimum Gasteiger partial charge on any atom is -0.342 e. The first-order chi connectivity index (χ1) is 9.87. The number of rotatable bonds is 4. The number of amides is 2. The molecule has 1 unspecified atom stereocenters. The highest BCUT2D eigenvalue weighted by Crippen LogP contribution is 2.19. The summed E-state index contributed by atoms with van der Waals surface area (Å²) < 4.78 is 1.80. The summed E-state index contributed by atoms with van der Waals surface area (Å²) in [7, 11) is 0. The summed E-state index contributed by atoms with van der Waals surface area (Å²) in [6.07, 6.45) is 2.38. The molecule has 0 radical (unpaired) electrons. The Morgan fingerprint density at radius 1 is 1.43 bits per heavy atom. The van der Waals surface area contributed by atoms with Crippen molar-refractivity contribution in [2.75, 3.05) is 6.54 Å². The van der Waals surface area contributed by atoms with E-state index in [2.05, 4.69) is 15.4 Å². The van der Waals surface area contributed by atoms with Crippen molar-refractivity contribution in [2.45, 2.75) is 58.7 Å². The fourth-order valence-electron chi connectivity index (χ4n) is 2.49. The van der Waals surface area contributed by atoms with Crippen molar-refractivity contribution >= 4 is 11.8 Å². The van der Waals surface area contributed by atoms with Gasteiger partial charge in [0.15, 0.2) is 0 Å². The zero-order chi connectivity index (χ0) is 15.6. The van der Waals surface area contributed by atoms with Gasteiger partial charge in [-0.3, -0.25) is 9.59 Å². The van der Waals surface area contributed by atoms with Gasteiger partial charge in [-0.2, -0.15) is 5.10 Å². The lowest BCUT2D eigenvalue weighted by atomic mass is 9.97. The largest absolute Gasteiger partial charge is 0.342 e. The summed E-state index contributed by atoms with van der Waals surface area (Å²) in [4.78, 5) is 30.4. The van der Waals surface area contributed by atoms with Gasteiger partial charge in [-0.25, -0.2) is 9.67 Å². The number of nitrogens with zero attached hydrogens (tertiary/aromatic N) is 4. The maximum Gasteiger partial charge on any atom is 0.248 e. The lowest BCUT2D eigenvalue weighted by Gasteiger charge is -2.31. The van der Waals surface area contributed by atoms with Crippen LogP contribution in [0.4, 0.5) is 0 Å². The molecule has 0 bridgehead atoms. The quantitative estimate of drug-likeness (QED) is 0.893. The molecular formula is C14H23N5O2. The Hall–Kier alpha value is -1.92. The number of hydrogen-bond donors (Lipinski definition) is 1. The van der Waals surface area contributed by atoms with Crippen LogP contribution in [-0.2, 0) is 16.1 Å². The van der Waals surface area contributed by atoms with Crippen molar-refractivity contribution in [3.8, 4) is 0 Å². The molecule has 0 aromatic carbocycles. The molecule has 1 N–H and O–H groups in total. The Kier molecular flexibility index (Phi) is 4.29. The Balaban J connectivity index is 2.24. The van der Waals surface area contributed by atoms with Gasteiger partial charge >= 0.3 is 0 Å². The van der Waals surface area contributed by atoms with Crippen LogP contribution in [0.25, 0.3) is 0 Å². The summed E-state index contributed by atoms with van der Waals surface area (Å²) >= 11 is 0. The van der Waals surface area contributed by atoms with Gasteiger partial charge in [0, 0.05) is 19.0 Å². The van der Waals surface area contributed by atoms with E-state index in [9.17, 15) is 9.59 Å². The first-order valence-corrected chi connectivity index (χ1v) is 7.36. The predicted octanol–water partition coefficient (Wildman–Crippen LogP) is 0.876. The van der Waals surface area contributed by atoms with Crippen LogP contribution in [0.15, 0.2) is 6.33 Å². The molecule has 7 heteroatoms. The van der Waals surface area contributed by atoms with Crippen LogP contribution in [0.2, 0.25) is 0 Å². The summed E-state index contributed by atoms with van der Waals surface area (Å²) in [5, 5.41) is 7.01. The molecule has 0 aliphatic carbocycles. The van der Waals surface area contributed by atoms with Crippen LogP contribution in [0, 0.1) is 0 Å². The molecule has 0 spiro atoms. The van der Waals surface area contributed by atoms with E-state index in [-0.39, 0.29) is 17.9 Å². The van der Waals surface area contributed by atoms with Gasteiger partial charge in [0.25, 0.3) is 0 Å². The number of carbonyl (C=O) groups excluding carboxylic acids is 2. The highest BCUT2D eigenvalue weighted by atomic mass is 16.2. The summed E-state index contributed by atoms with van der Waals surface area (Å²) in [6, 6.07) is 0.182. The Morgan fingerprint density at radius 2 is 2.14 bits per heavy atom. The molecule has 1 saturated heterocycles. The van der Waals surface area contributed by atoms with E-state index in [4.69, 9.17) is 0 Å². The van der Waals surface area contributed by atoms with E-state index in [1.54, 1.807) is 16.5 Å². The highest BCUT2D eigenvalue weighted by Gasteiger charge is 2.39. The van der Waals surface area contributed by atoms with E-state index in [1.165, 1.54) is 6.33 Å². The first kappa shape index (κ1) is 15.5. The van der Waals surface area contributed by atoms with Crippen LogP contribution >= 0.6 is 0 Å². The molecule has 1 aliphatic rings. The second kappa shape index (κ2) is 5.83. The zero-order valence-corrected chi connectivity index (χ0v) is 13.1. The fourth-order valence-corrected chi connectivity index (χ4v) is 2.49. The molecule has 2 amide bonds. The van der Waals surface area contributed by atoms with E-state index in [0.717, 1.165) is 5.82 Å². The topological polar surface area (TPSA) is 80.1 Å². The van der Waals surface area contributed by atoms with Gasteiger partial charge in [0.05, 0.1) is 6.54 Å². The summed E-state index contributed by atoms with van der Waals surface area (Å²) in [6.45, 7) is 8.50. The van der Waals surface area contributed by atoms with Gasteiger partial charge < -0.3 is 10.2 Å². The zero-order valence-electron chi connectivity index (χ0n) is 13.1. The highest BCUT2D eigenvalue weighted by molar-refractivity contribution is 5.93.